The van der Waals surface area contributed by atoms with Gasteiger partial charge in [0, 0.05) is 17.5 Å². The number of aldehydes is 1. The normalized spacial score (nSPS) is 19.9. The van der Waals surface area contributed by atoms with Gasteiger partial charge in [0.25, 0.3) is 0 Å². The second-order valence-corrected chi connectivity index (χ2v) is 17.8. The number of hydrogen-bond donors (Lipinski definition) is 8. The molecule has 15 nitrogen and oxygen atoms in total. The average molecular weight is 841 g/mol. The van der Waals surface area contributed by atoms with Crippen LogP contribution < -0.4 is 37.2 Å². The van der Waals surface area contributed by atoms with E-state index < -0.39 is 72.3 Å². The standard InChI is InChI=1S/C45H76N8O7/c1-15-18-31-30(17-3)29(22-47-31)21-32(46-14)40(55)48-33(20-24(4)5)41(56)50-36(26(8)9)42(57)51-37(27(10)11)43(58)52-38(28(12)13)45-53-39(35(60-45)19-16-2)44(59)49-34(23-54)25(6)7/h15,17-18,22-28,32-39,45-47,53H,3,16,19-21H2,1-2,4-14H3,(H,48,55)(H,49,59)(H,50,56)(H,51,57)(H,52,58)/b18-15-. The monoisotopic (exact) mass is 841 g/mol. The maximum Gasteiger partial charge on any atom is 0.243 e. The Morgan fingerprint density at radius 2 is 1.38 bits per heavy atom. The number of likely N-dealkylation sites (N-methyl/N-ethyl adjacent to an activating group) is 1. The molecule has 1 aliphatic rings. The van der Waals surface area contributed by atoms with E-state index in [9.17, 15) is 28.8 Å². The molecule has 5 amide bonds. The fraction of sp³-hybridized carbons (Fsp3) is 0.689. The number of H-pyrrole nitrogens is 1. The summed E-state index contributed by atoms with van der Waals surface area (Å²) in [4.78, 5) is 84.0. The number of carbonyl (C=O) groups excluding carboxylic acids is 6. The average Bonchev–Trinajstić information content (AvgIpc) is 3.78. The lowest BCUT2D eigenvalue weighted by Gasteiger charge is -2.32. The summed E-state index contributed by atoms with van der Waals surface area (Å²) in [5, 5.41) is 20.9. The van der Waals surface area contributed by atoms with Gasteiger partial charge in [-0.15, -0.1) is 0 Å². The van der Waals surface area contributed by atoms with E-state index in [2.05, 4.69) is 48.8 Å². The molecule has 2 rings (SSSR count). The summed E-state index contributed by atoms with van der Waals surface area (Å²) in [5.74, 6) is -3.10. The molecular weight excluding hydrogens is 765 g/mol. The summed E-state index contributed by atoms with van der Waals surface area (Å²) in [6, 6.07) is -5.56. The molecule has 0 spiro atoms. The van der Waals surface area contributed by atoms with Gasteiger partial charge in [0.2, 0.25) is 29.5 Å². The molecule has 0 aliphatic carbocycles. The van der Waals surface area contributed by atoms with Crippen LogP contribution in [0.5, 0.6) is 0 Å². The Labute approximate surface area is 358 Å². The third-order valence-electron chi connectivity index (χ3n) is 10.9. The minimum absolute atomic E-state index is 0.0392. The predicted octanol–water partition coefficient (Wildman–Crippen LogP) is 3.60. The van der Waals surface area contributed by atoms with Crippen LogP contribution in [0.15, 0.2) is 18.9 Å². The second-order valence-electron chi connectivity index (χ2n) is 17.8. The minimum Gasteiger partial charge on any atom is -0.361 e. The van der Waals surface area contributed by atoms with Gasteiger partial charge in [-0.2, -0.15) is 0 Å². The van der Waals surface area contributed by atoms with E-state index in [1.54, 1.807) is 27.0 Å². The maximum absolute atomic E-state index is 14.1. The molecule has 338 valence electrons. The van der Waals surface area contributed by atoms with Crippen LogP contribution >= 0.6 is 0 Å². The van der Waals surface area contributed by atoms with Crippen molar-refractivity contribution in [1.82, 2.24) is 42.2 Å². The third-order valence-corrected chi connectivity index (χ3v) is 10.9. The van der Waals surface area contributed by atoms with E-state index in [-0.39, 0.29) is 41.4 Å². The molecule has 0 bridgehead atoms. The fourth-order valence-electron chi connectivity index (χ4n) is 7.30. The number of rotatable bonds is 25. The van der Waals surface area contributed by atoms with Gasteiger partial charge in [-0.3, -0.25) is 29.3 Å². The van der Waals surface area contributed by atoms with Crippen LogP contribution in [0.3, 0.4) is 0 Å². The Kier molecular flexibility index (Phi) is 21.4. The van der Waals surface area contributed by atoms with Gasteiger partial charge in [0.1, 0.15) is 36.7 Å². The third kappa shape index (κ3) is 14.7. The first-order chi connectivity index (χ1) is 28.2. The van der Waals surface area contributed by atoms with Crippen molar-refractivity contribution in [3.8, 4) is 0 Å². The molecule has 1 fully saturated rings. The topological polar surface area (TPSA) is 212 Å². The van der Waals surface area contributed by atoms with Gasteiger partial charge >= 0.3 is 0 Å². The van der Waals surface area contributed by atoms with Crippen molar-refractivity contribution in [2.75, 3.05) is 7.05 Å². The molecule has 1 saturated heterocycles. The van der Waals surface area contributed by atoms with Gasteiger partial charge in [0.15, 0.2) is 0 Å². The van der Waals surface area contributed by atoms with Gasteiger partial charge in [0.05, 0.1) is 24.2 Å². The summed E-state index contributed by atoms with van der Waals surface area (Å²) < 4.78 is 6.37. The Morgan fingerprint density at radius 1 is 0.800 bits per heavy atom. The lowest BCUT2D eigenvalue weighted by molar-refractivity contribution is -0.136. The van der Waals surface area contributed by atoms with Crippen LogP contribution in [0, 0.1) is 29.6 Å². The van der Waals surface area contributed by atoms with E-state index >= 15 is 0 Å². The molecule has 0 radical (unpaired) electrons. The zero-order valence-electron chi connectivity index (χ0n) is 38.4. The second kappa shape index (κ2) is 24.8. The van der Waals surface area contributed by atoms with Crippen molar-refractivity contribution in [3.05, 3.63) is 35.7 Å². The van der Waals surface area contributed by atoms with E-state index in [4.69, 9.17) is 4.74 Å². The molecule has 1 aliphatic heterocycles. The van der Waals surface area contributed by atoms with Crippen molar-refractivity contribution < 1.29 is 33.5 Å². The number of aromatic amines is 1. The summed E-state index contributed by atoms with van der Waals surface area (Å²) in [5.41, 5.74) is 2.68. The summed E-state index contributed by atoms with van der Waals surface area (Å²) in [7, 11) is 1.69. The highest BCUT2D eigenvalue weighted by Crippen LogP contribution is 2.24. The molecule has 0 saturated carbocycles. The first-order valence-electron chi connectivity index (χ1n) is 21.8. The van der Waals surface area contributed by atoms with Gasteiger partial charge in [-0.1, -0.05) is 101 Å². The molecule has 8 N–H and O–H groups in total. The van der Waals surface area contributed by atoms with Gasteiger partial charge in [-0.25, -0.2) is 0 Å². The quantitative estimate of drug-likeness (QED) is 0.0676. The van der Waals surface area contributed by atoms with Crippen molar-refractivity contribution in [1.29, 1.82) is 0 Å². The van der Waals surface area contributed by atoms with E-state index in [0.29, 0.717) is 19.3 Å². The zero-order valence-corrected chi connectivity index (χ0v) is 38.4. The van der Waals surface area contributed by atoms with Crippen molar-refractivity contribution in [2.45, 2.75) is 163 Å². The highest BCUT2D eigenvalue weighted by molar-refractivity contribution is 5.95. The molecule has 9 unspecified atom stereocenters. The maximum atomic E-state index is 14.1. The predicted molar refractivity (Wildman–Crippen MR) is 237 cm³/mol. The molecule has 2 heterocycles. The number of carbonyl (C=O) groups is 6. The molecule has 15 heteroatoms. The van der Waals surface area contributed by atoms with Crippen molar-refractivity contribution >= 4 is 48.0 Å². The number of nitrogens with one attached hydrogen (secondary N) is 8. The molecule has 9 atom stereocenters. The van der Waals surface area contributed by atoms with Gasteiger partial charge in [-0.05, 0) is 74.5 Å². The summed E-state index contributed by atoms with van der Waals surface area (Å²) in [6.45, 7) is 26.5. The smallest absolute Gasteiger partial charge is 0.243 e. The van der Waals surface area contributed by atoms with Crippen LogP contribution in [0.1, 0.15) is 119 Å². The van der Waals surface area contributed by atoms with Crippen LogP contribution in [-0.4, -0.2) is 102 Å². The van der Waals surface area contributed by atoms with Crippen LogP contribution in [0.2, 0.25) is 0 Å². The fourth-order valence-corrected chi connectivity index (χ4v) is 7.30. The van der Waals surface area contributed by atoms with Crippen molar-refractivity contribution in [3.63, 3.8) is 0 Å². The van der Waals surface area contributed by atoms with Gasteiger partial charge < -0.3 is 46.4 Å². The number of ether oxygens (including phenoxy) is 1. The molecule has 60 heavy (non-hydrogen) atoms. The molecule has 1 aromatic heterocycles. The summed E-state index contributed by atoms with van der Waals surface area (Å²) in [6.07, 6.45) is 8.97. The first kappa shape index (κ1) is 51.8. The molecule has 1 aromatic rings. The van der Waals surface area contributed by atoms with Crippen LogP contribution in [0.25, 0.3) is 12.2 Å². The van der Waals surface area contributed by atoms with Crippen molar-refractivity contribution in [2.24, 2.45) is 29.6 Å². The number of hydrogen-bond acceptors (Lipinski definition) is 9. The summed E-state index contributed by atoms with van der Waals surface area (Å²) >= 11 is 0. The highest BCUT2D eigenvalue weighted by atomic mass is 16.5. The highest BCUT2D eigenvalue weighted by Gasteiger charge is 2.44. The van der Waals surface area contributed by atoms with Crippen LogP contribution in [0.4, 0.5) is 0 Å². The largest absolute Gasteiger partial charge is 0.361 e. The molecule has 0 aromatic carbocycles. The number of allylic oxidation sites excluding steroid dienone is 1. The van der Waals surface area contributed by atoms with E-state index in [1.165, 1.54) is 0 Å². The van der Waals surface area contributed by atoms with E-state index in [0.717, 1.165) is 29.5 Å². The van der Waals surface area contributed by atoms with Crippen LogP contribution in [-0.2, 0) is 39.9 Å². The Bertz CT molecular complexity index is 1620. The molecular formula is C45H76N8O7. The lowest BCUT2D eigenvalue weighted by Crippen LogP contribution is -2.62. The van der Waals surface area contributed by atoms with E-state index in [1.807, 2.05) is 87.6 Å². The lowest BCUT2D eigenvalue weighted by atomic mass is 9.97. The number of aromatic nitrogens is 1. The minimum atomic E-state index is -1.02. The Balaban J connectivity index is 2.25. The SMILES string of the molecule is C=Cc1c(CC(NC)C(=O)NC(CC(C)C)C(=O)NC(C(=O)NC(C(=O)NC(C(C)C)C2NC(C(=O)NC(C=O)C(C)C)C(CCC)O2)C(C)C)C(C)C)c[nH]c1/C=C\C. The first-order valence-corrected chi connectivity index (χ1v) is 21.8. The number of amides is 5. The Morgan fingerprint density at radius 3 is 1.87 bits per heavy atom. The zero-order chi connectivity index (χ0) is 45.4. The Hall–Kier alpha value is -4.34.